The fraction of sp³-hybridized carbons (Fsp3) is 0.455. The Balaban J connectivity index is 1.18. The number of ether oxygens (including phenoxy) is 4. The molecule has 0 N–H and O–H groups in total. The minimum Gasteiger partial charge on any atom is -0.529 e. The van der Waals surface area contributed by atoms with Crippen LogP contribution in [0.25, 0.3) is 0 Å². The second-order valence-corrected chi connectivity index (χ2v) is 7.18. The molecule has 2 aromatic carbocycles. The van der Waals surface area contributed by atoms with Gasteiger partial charge in [-0.15, -0.1) is 0 Å². The third kappa shape index (κ3) is 6.31. The molecule has 2 heterocycles. The van der Waals surface area contributed by atoms with Crippen LogP contribution in [-0.2, 0) is 9.47 Å². The van der Waals surface area contributed by atoms with Crippen LogP contribution in [-0.4, -0.2) is 33.5 Å². The zero-order valence-electron chi connectivity index (χ0n) is 16.6. The minimum atomic E-state index is -0.143. The van der Waals surface area contributed by atoms with Crippen LogP contribution in [0.5, 0.6) is 23.0 Å². The Kier molecular flexibility index (Phi) is 7.15. The molecule has 0 aromatic heterocycles. The topological polar surface area (TPSA) is 55.4 Å². The third-order valence-electron chi connectivity index (χ3n) is 4.91. The second kappa shape index (κ2) is 10.4. The molecule has 2 fully saturated rings. The van der Waals surface area contributed by atoms with Crippen molar-refractivity contribution in [2.45, 2.75) is 51.1 Å². The van der Waals surface area contributed by atoms with Gasteiger partial charge in [0, 0.05) is 12.8 Å². The van der Waals surface area contributed by atoms with E-state index < -0.39 is 0 Å². The van der Waals surface area contributed by atoms with Gasteiger partial charge in [0.1, 0.15) is 23.0 Å². The van der Waals surface area contributed by atoms with Crippen molar-refractivity contribution in [1.29, 1.82) is 0 Å². The van der Waals surface area contributed by atoms with Crippen molar-refractivity contribution in [2.24, 2.45) is 0 Å². The monoisotopic (exact) mass is 398 g/mol. The molecule has 7 heteroatoms. The van der Waals surface area contributed by atoms with Crippen molar-refractivity contribution >= 4 is 7.69 Å². The van der Waals surface area contributed by atoms with E-state index in [2.05, 4.69) is 0 Å². The molecule has 6 nitrogen and oxygen atoms in total. The van der Waals surface area contributed by atoms with E-state index in [-0.39, 0.29) is 20.3 Å². The maximum atomic E-state index is 5.82. The fourth-order valence-corrected chi connectivity index (χ4v) is 3.31. The van der Waals surface area contributed by atoms with Gasteiger partial charge in [-0.25, -0.2) is 0 Å². The minimum absolute atomic E-state index is 0.123. The summed E-state index contributed by atoms with van der Waals surface area (Å²) in [4.78, 5) is 0. The van der Waals surface area contributed by atoms with E-state index >= 15 is 0 Å². The zero-order chi connectivity index (χ0) is 19.7. The first-order valence-electron chi connectivity index (χ1n) is 10.4. The molecule has 0 radical (unpaired) electrons. The molecular weight excluding hydrogens is 371 g/mol. The third-order valence-corrected chi connectivity index (χ3v) is 4.91. The maximum absolute atomic E-state index is 5.82. The van der Waals surface area contributed by atoms with Gasteiger partial charge in [-0.3, -0.25) is 0 Å². The van der Waals surface area contributed by atoms with Crippen LogP contribution in [0.3, 0.4) is 0 Å². The average molecular weight is 398 g/mol. The summed E-state index contributed by atoms with van der Waals surface area (Å²) in [5.74, 6) is 3.00. The fourth-order valence-electron chi connectivity index (χ4n) is 3.31. The number of hydrogen-bond donors (Lipinski definition) is 0. The molecule has 2 aromatic rings. The highest BCUT2D eigenvalue weighted by molar-refractivity contribution is 6.20. The van der Waals surface area contributed by atoms with E-state index in [1.54, 1.807) is 0 Å². The molecule has 4 rings (SSSR count). The molecule has 0 amide bonds. The Labute approximate surface area is 172 Å². The molecule has 2 aliphatic heterocycles. The molecule has 2 saturated heterocycles. The van der Waals surface area contributed by atoms with Crippen molar-refractivity contribution < 1.29 is 28.3 Å². The smallest absolute Gasteiger partial charge is 0.529 e. The van der Waals surface area contributed by atoms with Gasteiger partial charge in [0.05, 0.1) is 13.2 Å². The first-order chi connectivity index (χ1) is 14.3. The SMILES string of the molecule is B(Oc1ccc(OC2CCCCO2)cc1)Oc1ccc(OC2CCCCO2)cc1. The van der Waals surface area contributed by atoms with Crippen LogP contribution in [0.2, 0.25) is 0 Å². The lowest BCUT2D eigenvalue weighted by molar-refractivity contribution is -0.106. The Morgan fingerprint density at radius 3 is 1.38 bits per heavy atom. The van der Waals surface area contributed by atoms with Gasteiger partial charge in [0.2, 0.25) is 0 Å². The first-order valence-corrected chi connectivity index (χ1v) is 10.4. The van der Waals surface area contributed by atoms with Gasteiger partial charge in [0.25, 0.3) is 0 Å². The van der Waals surface area contributed by atoms with Gasteiger partial charge in [0.15, 0.2) is 12.6 Å². The van der Waals surface area contributed by atoms with Gasteiger partial charge in [-0.2, -0.15) is 0 Å². The van der Waals surface area contributed by atoms with Crippen molar-refractivity contribution in [1.82, 2.24) is 0 Å². The zero-order valence-corrected chi connectivity index (χ0v) is 16.6. The van der Waals surface area contributed by atoms with Crippen LogP contribution in [0.1, 0.15) is 38.5 Å². The lowest BCUT2D eigenvalue weighted by Gasteiger charge is -2.23. The molecule has 0 spiro atoms. The molecule has 2 atom stereocenters. The molecular formula is C22H27BO6. The van der Waals surface area contributed by atoms with Gasteiger partial charge >= 0.3 is 7.69 Å². The van der Waals surface area contributed by atoms with Crippen molar-refractivity contribution in [3.63, 3.8) is 0 Å². The van der Waals surface area contributed by atoms with Gasteiger partial charge < -0.3 is 28.3 Å². The number of hydrogen-bond acceptors (Lipinski definition) is 6. The van der Waals surface area contributed by atoms with E-state index in [1.807, 2.05) is 48.5 Å². The Bertz CT molecular complexity index is 660. The first kappa shape index (κ1) is 19.9. The quantitative estimate of drug-likeness (QED) is 0.621. The highest BCUT2D eigenvalue weighted by Crippen LogP contribution is 2.23. The van der Waals surface area contributed by atoms with Crippen LogP contribution >= 0.6 is 0 Å². The Morgan fingerprint density at radius 1 is 0.586 bits per heavy atom. The summed E-state index contributed by atoms with van der Waals surface area (Å²) >= 11 is 0. The highest BCUT2D eigenvalue weighted by atomic mass is 16.7. The van der Waals surface area contributed by atoms with Crippen LogP contribution in [0.4, 0.5) is 0 Å². The average Bonchev–Trinajstić information content (AvgIpc) is 2.78. The molecule has 2 unspecified atom stereocenters. The largest absolute Gasteiger partial charge is 0.576 e. The van der Waals surface area contributed by atoms with E-state index in [0.29, 0.717) is 0 Å². The van der Waals surface area contributed by atoms with Crippen LogP contribution < -0.4 is 18.8 Å². The lowest BCUT2D eigenvalue weighted by atomic mass is 10.2. The predicted octanol–water partition coefficient (Wildman–Crippen LogP) is 4.22. The predicted molar refractivity (Wildman–Crippen MR) is 110 cm³/mol. The van der Waals surface area contributed by atoms with Gasteiger partial charge in [-0.1, -0.05) is 0 Å². The molecule has 0 saturated carbocycles. The Hall–Kier alpha value is -2.38. The van der Waals surface area contributed by atoms with E-state index in [1.165, 1.54) is 0 Å². The van der Waals surface area contributed by atoms with E-state index in [0.717, 1.165) is 74.7 Å². The summed E-state index contributed by atoms with van der Waals surface area (Å²) in [6, 6.07) is 15.0. The number of benzene rings is 2. The summed E-state index contributed by atoms with van der Waals surface area (Å²) < 4.78 is 34.1. The standard InChI is InChI=1S/C22H27BO6/c1-3-15-24-21(5-1)26-17-7-11-19(12-8-17)28-23-29-20-13-9-18(10-14-20)27-22-6-2-4-16-25-22/h7-14,21-23H,1-6,15-16H2. The molecule has 0 bridgehead atoms. The molecule has 2 aliphatic rings. The van der Waals surface area contributed by atoms with Crippen molar-refractivity contribution in [2.75, 3.05) is 13.2 Å². The van der Waals surface area contributed by atoms with Crippen LogP contribution in [0.15, 0.2) is 48.5 Å². The lowest BCUT2D eigenvalue weighted by Crippen LogP contribution is -2.24. The molecule has 0 aliphatic carbocycles. The highest BCUT2D eigenvalue weighted by Gasteiger charge is 2.16. The normalized spacial score (nSPS) is 21.8. The summed E-state index contributed by atoms with van der Waals surface area (Å²) in [7, 11) is 0.123. The maximum Gasteiger partial charge on any atom is 0.576 e. The van der Waals surface area contributed by atoms with E-state index in [4.69, 9.17) is 28.3 Å². The number of rotatable bonds is 8. The van der Waals surface area contributed by atoms with Crippen molar-refractivity contribution in [3.8, 4) is 23.0 Å². The summed E-state index contributed by atoms with van der Waals surface area (Å²) in [5.41, 5.74) is 0. The van der Waals surface area contributed by atoms with E-state index in [9.17, 15) is 0 Å². The van der Waals surface area contributed by atoms with Gasteiger partial charge in [-0.05, 0) is 74.2 Å². The second-order valence-electron chi connectivity index (χ2n) is 7.18. The summed E-state index contributed by atoms with van der Waals surface area (Å²) in [6.45, 7) is 1.54. The van der Waals surface area contributed by atoms with Crippen LogP contribution in [0, 0.1) is 0 Å². The van der Waals surface area contributed by atoms with Crippen molar-refractivity contribution in [3.05, 3.63) is 48.5 Å². The molecule has 154 valence electrons. The summed E-state index contributed by atoms with van der Waals surface area (Å²) in [5, 5.41) is 0. The Morgan fingerprint density at radius 2 is 1.00 bits per heavy atom. The molecule has 29 heavy (non-hydrogen) atoms. The summed E-state index contributed by atoms with van der Waals surface area (Å²) in [6.07, 6.45) is 6.09.